The molecule has 0 saturated heterocycles. The van der Waals surface area contributed by atoms with Crippen LogP contribution in [0.4, 0.5) is 0 Å². The number of hydrogen-bond acceptors (Lipinski definition) is 0. The maximum Gasteiger partial charge on any atom is -0.0190 e. The van der Waals surface area contributed by atoms with Gasteiger partial charge in [0.2, 0.25) is 0 Å². The third-order valence-corrected chi connectivity index (χ3v) is 3.46. The highest BCUT2D eigenvalue weighted by Crippen LogP contribution is 2.17. The highest BCUT2D eigenvalue weighted by molar-refractivity contribution is 5.50. The molecule has 0 bridgehead atoms. The van der Waals surface area contributed by atoms with Crippen molar-refractivity contribution < 1.29 is 0 Å². The minimum atomic E-state index is 1.03. The van der Waals surface area contributed by atoms with E-state index in [4.69, 9.17) is 0 Å². The molecule has 0 amide bonds. The van der Waals surface area contributed by atoms with Crippen LogP contribution in [-0.2, 0) is 0 Å². The standard InChI is InChI=1S/C23H30/c1-8-13-14-21(10-3)20(7)16-18-23(12-5)22(11-4)17-15-19(6)9-2/h9-12,14-18H,2-5,8,13H2,1,6-7H3/b19-15-,20-16+,21-14+,22-17+,23-18+. The number of allylic oxidation sites excluding steroid dienone is 14. The van der Waals surface area contributed by atoms with Gasteiger partial charge >= 0.3 is 0 Å². The first kappa shape index (κ1) is 20.7. The number of hydrogen-bond donors (Lipinski definition) is 0. The van der Waals surface area contributed by atoms with Gasteiger partial charge in [-0.1, -0.05) is 99.9 Å². The van der Waals surface area contributed by atoms with Crippen molar-refractivity contribution in [2.45, 2.75) is 33.6 Å². The van der Waals surface area contributed by atoms with Crippen LogP contribution in [0.25, 0.3) is 0 Å². The Balaban J connectivity index is 5.58. The first-order valence-corrected chi connectivity index (χ1v) is 8.01. The molecule has 0 saturated carbocycles. The highest BCUT2D eigenvalue weighted by Gasteiger charge is 1.97. The molecular formula is C23H30. The van der Waals surface area contributed by atoms with Crippen molar-refractivity contribution in [3.05, 3.63) is 109 Å². The molecule has 0 heterocycles. The monoisotopic (exact) mass is 306 g/mol. The fourth-order valence-corrected chi connectivity index (χ4v) is 1.87. The summed E-state index contributed by atoms with van der Waals surface area (Å²) >= 11 is 0. The molecule has 0 aromatic carbocycles. The molecule has 0 rings (SSSR count). The first-order valence-electron chi connectivity index (χ1n) is 8.01. The quantitative estimate of drug-likeness (QED) is 0.374. The molecule has 0 fully saturated rings. The van der Waals surface area contributed by atoms with E-state index in [2.05, 4.69) is 58.4 Å². The predicted octanol–water partition coefficient (Wildman–Crippen LogP) is 7.20. The van der Waals surface area contributed by atoms with Gasteiger partial charge in [-0.05, 0) is 42.6 Å². The van der Waals surface area contributed by atoms with Gasteiger partial charge in [0.15, 0.2) is 0 Å². The van der Waals surface area contributed by atoms with Crippen LogP contribution >= 0.6 is 0 Å². The van der Waals surface area contributed by atoms with Crippen molar-refractivity contribution in [2.75, 3.05) is 0 Å². The van der Waals surface area contributed by atoms with Gasteiger partial charge in [-0.15, -0.1) is 0 Å². The maximum atomic E-state index is 3.91. The van der Waals surface area contributed by atoms with E-state index >= 15 is 0 Å². The van der Waals surface area contributed by atoms with E-state index < -0.39 is 0 Å². The lowest BCUT2D eigenvalue weighted by Gasteiger charge is -2.04. The van der Waals surface area contributed by atoms with Crippen LogP contribution < -0.4 is 0 Å². The van der Waals surface area contributed by atoms with Gasteiger partial charge in [-0.25, -0.2) is 0 Å². The summed E-state index contributed by atoms with van der Waals surface area (Å²) in [5.74, 6) is 0. The van der Waals surface area contributed by atoms with Crippen molar-refractivity contribution in [3.63, 3.8) is 0 Å². The topological polar surface area (TPSA) is 0 Å². The van der Waals surface area contributed by atoms with Crippen molar-refractivity contribution in [1.82, 2.24) is 0 Å². The van der Waals surface area contributed by atoms with E-state index in [-0.39, 0.29) is 0 Å². The summed E-state index contributed by atoms with van der Waals surface area (Å²) in [6, 6.07) is 0. The fraction of sp³-hybridized carbons (Fsp3) is 0.217. The molecule has 0 aliphatic rings. The summed E-state index contributed by atoms with van der Waals surface area (Å²) < 4.78 is 0. The molecule has 0 aromatic rings. The molecule has 0 aromatic heterocycles. The third kappa shape index (κ3) is 8.01. The smallest absolute Gasteiger partial charge is 0.0190 e. The Labute approximate surface area is 143 Å². The molecule has 0 nitrogen and oxygen atoms in total. The molecule has 0 radical (unpaired) electrons. The normalized spacial score (nSPS) is 14.5. The Hall–Kier alpha value is -2.34. The van der Waals surface area contributed by atoms with Gasteiger partial charge in [-0.3, -0.25) is 0 Å². The molecule has 0 heteroatoms. The van der Waals surface area contributed by atoms with Gasteiger partial charge in [0, 0.05) is 0 Å². The molecular weight excluding hydrogens is 276 g/mol. The average Bonchev–Trinajstić information content (AvgIpc) is 2.57. The number of unbranched alkanes of at least 4 members (excludes halogenated alkanes) is 1. The second kappa shape index (κ2) is 12.2. The van der Waals surface area contributed by atoms with Crippen LogP contribution in [0.2, 0.25) is 0 Å². The molecule has 0 N–H and O–H groups in total. The minimum absolute atomic E-state index is 1.03. The van der Waals surface area contributed by atoms with Crippen molar-refractivity contribution in [1.29, 1.82) is 0 Å². The summed E-state index contributed by atoms with van der Waals surface area (Å²) in [7, 11) is 0. The molecule has 0 spiro atoms. The Bertz CT molecular complexity index is 584. The van der Waals surface area contributed by atoms with E-state index in [1.165, 1.54) is 11.1 Å². The Kier molecular flexibility index (Phi) is 11.0. The van der Waals surface area contributed by atoms with E-state index in [9.17, 15) is 0 Å². The van der Waals surface area contributed by atoms with Gasteiger partial charge in [0.25, 0.3) is 0 Å². The van der Waals surface area contributed by atoms with Crippen LogP contribution in [0.1, 0.15) is 33.6 Å². The van der Waals surface area contributed by atoms with E-state index in [0.717, 1.165) is 29.6 Å². The second-order valence-electron chi connectivity index (χ2n) is 5.27. The first-order chi connectivity index (χ1) is 11.0. The Morgan fingerprint density at radius 1 is 0.696 bits per heavy atom. The average molecular weight is 306 g/mol. The Morgan fingerprint density at radius 3 is 1.65 bits per heavy atom. The maximum absolute atomic E-state index is 3.91. The van der Waals surface area contributed by atoms with Gasteiger partial charge in [0.1, 0.15) is 0 Å². The lowest BCUT2D eigenvalue weighted by molar-refractivity contribution is 0.953. The molecule has 122 valence electrons. The Morgan fingerprint density at radius 2 is 1.22 bits per heavy atom. The van der Waals surface area contributed by atoms with Crippen LogP contribution in [0.15, 0.2) is 109 Å². The van der Waals surface area contributed by atoms with Gasteiger partial charge in [0.05, 0.1) is 0 Å². The lowest BCUT2D eigenvalue weighted by atomic mass is 10.0. The van der Waals surface area contributed by atoms with Crippen molar-refractivity contribution in [2.24, 2.45) is 0 Å². The predicted molar refractivity (Wildman–Crippen MR) is 107 cm³/mol. The summed E-state index contributed by atoms with van der Waals surface area (Å²) in [5.41, 5.74) is 5.54. The van der Waals surface area contributed by atoms with E-state index in [1.54, 1.807) is 0 Å². The van der Waals surface area contributed by atoms with Crippen LogP contribution in [-0.4, -0.2) is 0 Å². The molecule has 23 heavy (non-hydrogen) atoms. The van der Waals surface area contributed by atoms with E-state index in [0.29, 0.717) is 0 Å². The SMILES string of the molecule is C=C\C(C)=C/C=C(C=C)/C(C=C)=C/C=C(C)/C(C=C)=C/CCC. The third-order valence-electron chi connectivity index (χ3n) is 3.46. The van der Waals surface area contributed by atoms with Crippen LogP contribution in [0.5, 0.6) is 0 Å². The van der Waals surface area contributed by atoms with Gasteiger partial charge in [-0.2, -0.15) is 0 Å². The summed E-state index contributed by atoms with van der Waals surface area (Å²) in [6.07, 6.45) is 20.1. The largest absolute Gasteiger partial charge is 0.0988 e. The van der Waals surface area contributed by atoms with Crippen LogP contribution in [0.3, 0.4) is 0 Å². The lowest BCUT2D eigenvalue weighted by Crippen LogP contribution is -1.84. The fourth-order valence-electron chi connectivity index (χ4n) is 1.87. The second-order valence-corrected chi connectivity index (χ2v) is 5.27. The van der Waals surface area contributed by atoms with Gasteiger partial charge < -0.3 is 0 Å². The molecule has 0 aliphatic carbocycles. The summed E-state index contributed by atoms with van der Waals surface area (Å²) in [4.78, 5) is 0. The molecule has 0 aliphatic heterocycles. The zero-order chi connectivity index (χ0) is 17.7. The highest BCUT2D eigenvalue weighted by atomic mass is 14.0. The zero-order valence-corrected chi connectivity index (χ0v) is 14.9. The summed E-state index contributed by atoms with van der Waals surface area (Å²) in [5, 5.41) is 0. The number of rotatable bonds is 10. The minimum Gasteiger partial charge on any atom is -0.0988 e. The zero-order valence-electron chi connectivity index (χ0n) is 14.9. The van der Waals surface area contributed by atoms with Crippen LogP contribution in [0, 0.1) is 0 Å². The van der Waals surface area contributed by atoms with Crippen molar-refractivity contribution in [3.8, 4) is 0 Å². The summed E-state index contributed by atoms with van der Waals surface area (Å²) in [6.45, 7) is 21.7. The van der Waals surface area contributed by atoms with E-state index in [1.807, 2.05) is 43.4 Å². The van der Waals surface area contributed by atoms with Crippen molar-refractivity contribution >= 4 is 0 Å². The molecule has 0 atom stereocenters. The molecule has 0 unspecified atom stereocenters.